The highest BCUT2D eigenvalue weighted by molar-refractivity contribution is 7.91. The average molecular weight is 244 g/mol. The summed E-state index contributed by atoms with van der Waals surface area (Å²) in [5.41, 5.74) is 0.185. The molecule has 1 fully saturated rings. The van der Waals surface area contributed by atoms with E-state index in [-0.39, 0.29) is 22.8 Å². The molecule has 2 unspecified atom stereocenters. The van der Waals surface area contributed by atoms with E-state index < -0.39 is 21.9 Å². The van der Waals surface area contributed by atoms with Crippen molar-refractivity contribution >= 4 is 9.84 Å². The number of rotatable bonds is 2. The lowest BCUT2D eigenvalue weighted by atomic mass is 9.96. The Morgan fingerprint density at radius 2 is 2.06 bits per heavy atom. The van der Waals surface area contributed by atoms with E-state index in [9.17, 15) is 17.9 Å². The molecule has 1 aliphatic rings. The van der Waals surface area contributed by atoms with Gasteiger partial charge >= 0.3 is 0 Å². The third kappa shape index (κ3) is 2.19. The van der Waals surface area contributed by atoms with Crippen molar-refractivity contribution in [3.05, 3.63) is 29.8 Å². The van der Waals surface area contributed by atoms with Crippen LogP contribution in [0.4, 0.5) is 4.39 Å². The molecule has 0 saturated carbocycles. The Balaban J connectivity index is 2.21. The topological polar surface area (TPSA) is 54.4 Å². The van der Waals surface area contributed by atoms with E-state index in [1.165, 1.54) is 12.1 Å². The molecular weight excluding hydrogens is 231 g/mol. The van der Waals surface area contributed by atoms with Gasteiger partial charge in [0, 0.05) is 11.5 Å². The Labute approximate surface area is 93.8 Å². The van der Waals surface area contributed by atoms with Crippen LogP contribution in [0.2, 0.25) is 0 Å². The number of phenols is 1. The van der Waals surface area contributed by atoms with E-state index in [0.717, 1.165) is 0 Å². The molecule has 0 radical (unpaired) electrons. The van der Waals surface area contributed by atoms with Gasteiger partial charge in [-0.25, -0.2) is 12.8 Å². The molecule has 1 aliphatic heterocycles. The summed E-state index contributed by atoms with van der Waals surface area (Å²) in [6.07, 6.45) is -1.07. The van der Waals surface area contributed by atoms with Gasteiger partial charge in [-0.3, -0.25) is 0 Å². The van der Waals surface area contributed by atoms with Gasteiger partial charge in [0.05, 0.1) is 11.5 Å². The lowest BCUT2D eigenvalue weighted by Crippen LogP contribution is -2.11. The molecule has 3 nitrogen and oxygen atoms in total. The van der Waals surface area contributed by atoms with Crippen LogP contribution < -0.4 is 0 Å². The highest BCUT2D eigenvalue weighted by Crippen LogP contribution is 2.37. The van der Waals surface area contributed by atoms with Gasteiger partial charge < -0.3 is 5.11 Å². The summed E-state index contributed by atoms with van der Waals surface area (Å²) in [4.78, 5) is 0. The first-order valence-corrected chi connectivity index (χ1v) is 6.94. The van der Waals surface area contributed by atoms with E-state index >= 15 is 0 Å². The largest absolute Gasteiger partial charge is 0.508 e. The highest BCUT2D eigenvalue weighted by Gasteiger charge is 2.35. The second-order valence-corrected chi connectivity index (χ2v) is 6.35. The molecule has 1 aromatic carbocycles. The molecule has 1 N–H and O–H groups in total. The molecule has 5 heteroatoms. The zero-order valence-electron chi connectivity index (χ0n) is 8.64. The monoisotopic (exact) mass is 244 g/mol. The smallest absolute Gasteiger partial charge is 0.150 e. The Morgan fingerprint density at radius 3 is 2.62 bits per heavy atom. The summed E-state index contributed by atoms with van der Waals surface area (Å²) in [7, 11) is -3.08. The number of aromatic hydroxyl groups is 1. The maximum absolute atomic E-state index is 14.0. The van der Waals surface area contributed by atoms with Crippen LogP contribution in [-0.4, -0.2) is 25.0 Å². The molecule has 1 heterocycles. The van der Waals surface area contributed by atoms with Crippen molar-refractivity contribution in [3.63, 3.8) is 0 Å². The number of alkyl halides is 1. The van der Waals surface area contributed by atoms with Crippen molar-refractivity contribution in [2.75, 3.05) is 11.5 Å². The normalized spacial score (nSPS) is 25.4. The fraction of sp³-hybridized carbons (Fsp3) is 0.455. The molecule has 0 aromatic heterocycles. The third-order valence-electron chi connectivity index (χ3n) is 2.92. The standard InChI is InChI=1S/C11H13FO3S/c12-11(8-5-6-16(14,15)7-8)9-3-1-2-4-10(9)13/h1-4,8,11,13H,5-7H2. The molecule has 1 aromatic rings. The van der Waals surface area contributed by atoms with Crippen LogP contribution >= 0.6 is 0 Å². The van der Waals surface area contributed by atoms with Crippen LogP contribution in [0.3, 0.4) is 0 Å². The van der Waals surface area contributed by atoms with Crippen molar-refractivity contribution in [2.24, 2.45) is 5.92 Å². The average Bonchev–Trinajstić information content (AvgIpc) is 2.59. The predicted molar refractivity (Wildman–Crippen MR) is 58.7 cm³/mol. The van der Waals surface area contributed by atoms with Gasteiger partial charge in [0.2, 0.25) is 0 Å². The minimum Gasteiger partial charge on any atom is -0.508 e. The summed E-state index contributed by atoms with van der Waals surface area (Å²) in [6, 6.07) is 6.14. The van der Waals surface area contributed by atoms with E-state index in [1.54, 1.807) is 12.1 Å². The number of hydrogen-bond donors (Lipinski definition) is 1. The van der Waals surface area contributed by atoms with Crippen molar-refractivity contribution in [3.8, 4) is 5.75 Å². The lowest BCUT2D eigenvalue weighted by Gasteiger charge is -2.15. The molecule has 88 valence electrons. The summed E-state index contributed by atoms with van der Waals surface area (Å²) >= 11 is 0. The summed E-state index contributed by atoms with van der Waals surface area (Å²) < 4.78 is 36.5. The van der Waals surface area contributed by atoms with E-state index in [2.05, 4.69) is 0 Å². The van der Waals surface area contributed by atoms with Crippen LogP contribution in [-0.2, 0) is 9.84 Å². The first-order valence-electron chi connectivity index (χ1n) is 5.12. The Kier molecular flexibility index (Phi) is 2.88. The van der Waals surface area contributed by atoms with E-state index in [4.69, 9.17) is 0 Å². The van der Waals surface area contributed by atoms with E-state index in [1.807, 2.05) is 0 Å². The second kappa shape index (κ2) is 4.05. The molecule has 0 aliphatic carbocycles. The summed E-state index contributed by atoms with van der Waals surface area (Å²) in [5.74, 6) is -0.716. The number of sulfone groups is 1. The van der Waals surface area contributed by atoms with Crippen molar-refractivity contribution < 1.29 is 17.9 Å². The van der Waals surface area contributed by atoms with Crippen LogP contribution in [0.15, 0.2) is 24.3 Å². The highest BCUT2D eigenvalue weighted by atomic mass is 32.2. The van der Waals surface area contributed by atoms with Crippen molar-refractivity contribution in [2.45, 2.75) is 12.6 Å². The molecule has 2 rings (SSSR count). The van der Waals surface area contributed by atoms with Gasteiger partial charge in [0.15, 0.2) is 9.84 Å². The number of para-hydroxylation sites is 1. The molecule has 1 saturated heterocycles. The molecule has 16 heavy (non-hydrogen) atoms. The SMILES string of the molecule is O=S1(=O)CCC(C(F)c2ccccc2O)C1. The molecular formula is C11H13FO3S. The van der Waals surface area contributed by atoms with Gasteiger partial charge in [-0.15, -0.1) is 0 Å². The van der Waals surface area contributed by atoms with Crippen molar-refractivity contribution in [1.82, 2.24) is 0 Å². The zero-order valence-corrected chi connectivity index (χ0v) is 9.45. The first-order chi connectivity index (χ1) is 7.49. The molecule has 0 bridgehead atoms. The van der Waals surface area contributed by atoms with Crippen LogP contribution in [0.25, 0.3) is 0 Å². The maximum atomic E-state index is 14.0. The van der Waals surface area contributed by atoms with Gasteiger partial charge in [0.1, 0.15) is 11.9 Å². The quantitative estimate of drug-likeness (QED) is 0.863. The number of benzene rings is 1. The summed E-state index contributed by atoms with van der Waals surface area (Å²) in [5, 5.41) is 9.48. The molecule has 0 spiro atoms. The Morgan fingerprint density at radius 1 is 1.38 bits per heavy atom. The molecule has 2 atom stereocenters. The minimum atomic E-state index is -3.08. The fourth-order valence-electron chi connectivity index (χ4n) is 2.03. The van der Waals surface area contributed by atoms with Gasteiger partial charge in [-0.2, -0.15) is 0 Å². The number of phenolic OH excluding ortho intramolecular Hbond substituents is 1. The van der Waals surface area contributed by atoms with Crippen LogP contribution in [0.5, 0.6) is 5.75 Å². The number of hydrogen-bond acceptors (Lipinski definition) is 3. The summed E-state index contributed by atoms with van der Waals surface area (Å²) in [6.45, 7) is 0. The van der Waals surface area contributed by atoms with E-state index in [0.29, 0.717) is 6.42 Å². The molecule has 0 amide bonds. The predicted octanol–water partition coefficient (Wildman–Crippen LogP) is 1.84. The van der Waals surface area contributed by atoms with Gasteiger partial charge in [0.25, 0.3) is 0 Å². The Hall–Kier alpha value is -1.10. The van der Waals surface area contributed by atoms with Gasteiger partial charge in [-0.1, -0.05) is 18.2 Å². The fourth-order valence-corrected chi connectivity index (χ4v) is 3.85. The Bertz CT molecular complexity index is 484. The number of halogens is 1. The minimum absolute atomic E-state index is 0.0473. The van der Waals surface area contributed by atoms with Crippen LogP contribution in [0, 0.1) is 5.92 Å². The van der Waals surface area contributed by atoms with Gasteiger partial charge in [-0.05, 0) is 12.5 Å². The second-order valence-electron chi connectivity index (χ2n) is 4.12. The first kappa shape index (κ1) is 11.4. The zero-order chi connectivity index (χ0) is 11.8. The van der Waals surface area contributed by atoms with Crippen LogP contribution in [0.1, 0.15) is 18.2 Å². The van der Waals surface area contributed by atoms with Crippen molar-refractivity contribution in [1.29, 1.82) is 0 Å². The lowest BCUT2D eigenvalue weighted by molar-refractivity contribution is 0.244. The maximum Gasteiger partial charge on any atom is 0.150 e. The third-order valence-corrected chi connectivity index (χ3v) is 4.71.